The Balaban J connectivity index is 1.55. The monoisotopic (exact) mass is 471 g/mol. The van der Waals surface area contributed by atoms with Crippen molar-refractivity contribution in [3.05, 3.63) is 59.7 Å². The quantitative estimate of drug-likeness (QED) is 0.570. The van der Waals surface area contributed by atoms with Crippen molar-refractivity contribution in [2.24, 2.45) is 0 Å². The largest absolute Gasteiger partial charge is 0.322 e. The number of halogens is 1. The molecule has 1 aliphatic heterocycles. The van der Waals surface area contributed by atoms with Crippen LogP contribution >= 0.6 is 0 Å². The van der Waals surface area contributed by atoms with E-state index in [-0.39, 0.29) is 22.1 Å². The van der Waals surface area contributed by atoms with Gasteiger partial charge in [-0.05, 0) is 69.2 Å². The van der Waals surface area contributed by atoms with Crippen molar-refractivity contribution >= 4 is 21.6 Å². The van der Waals surface area contributed by atoms with Crippen molar-refractivity contribution in [2.75, 3.05) is 5.32 Å². The van der Waals surface area contributed by atoms with E-state index in [4.69, 9.17) is 0 Å². The summed E-state index contributed by atoms with van der Waals surface area (Å²) in [7, 11) is -3.65. The number of nitrogens with one attached hydrogen (secondary N) is 2. The van der Waals surface area contributed by atoms with Crippen molar-refractivity contribution < 1.29 is 17.6 Å². The van der Waals surface area contributed by atoms with Crippen LogP contribution in [0.3, 0.4) is 0 Å². The molecule has 4 rings (SSSR count). The van der Waals surface area contributed by atoms with Crippen LogP contribution in [0.1, 0.15) is 49.3 Å². The van der Waals surface area contributed by atoms with Gasteiger partial charge in [-0.15, -0.1) is 10.2 Å². The van der Waals surface area contributed by atoms with Crippen LogP contribution in [0.5, 0.6) is 0 Å². The van der Waals surface area contributed by atoms with Crippen LogP contribution in [0.4, 0.5) is 10.1 Å². The second-order valence-electron chi connectivity index (χ2n) is 8.35. The number of aromatic nitrogens is 3. The van der Waals surface area contributed by atoms with E-state index in [1.54, 1.807) is 19.9 Å². The van der Waals surface area contributed by atoms with Gasteiger partial charge in [0.05, 0.1) is 10.5 Å². The normalized spacial score (nSPS) is 14.1. The molecular formula is C23H26FN5O3S. The molecule has 0 aliphatic carbocycles. The Bertz CT molecular complexity index is 1270. The standard InChI is InChI=1S/C23H26FN5O3S/c1-15(2)28-33(31,32)18-10-7-16(8-11-18)23(30)25-17-9-12-20(24)19(14-17)22-27-26-21-6-4-3-5-13-29(21)22/h7-12,14-15,28H,3-6,13H2,1-2H3,(H,25,30). The molecule has 0 atom stereocenters. The molecule has 0 unspecified atom stereocenters. The molecule has 0 fully saturated rings. The fourth-order valence-electron chi connectivity index (χ4n) is 3.83. The summed E-state index contributed by atoms with van der Waals surface area (Å²) in [6.45, 7) is 4.19. The van der Waals surface area contributed by atoms with Gasteiger partial charge >= 0.3 is 0 Å². The summed E-state index contributed by atoms with van der Waals surface area (Å²) in [5.41, 5.74) is 0.955. The molecule has 33 heavy (non-hydrogen) atoms. The minimum absolute atomic E-state index is 0.0734. The molecule has 3 aromatic rings. The van der Waals surface area contributed by atoms with E-state index in [1.807, 2.05) is 4.57 Å². The first-order valence-corrected chi connectivity index (χ1v) is 12.4. The summed E-state index contributed by atoms with van der Waals surface area (Å²) in [5, 5.41) is 11.2. The number of anilines is 1. The Morgan fingerprint density at radius 1 is 1.06 bits per heavy atom. The lowest BCUT2D eigenvalue weighted by molar-refractivity contribution is 0.102. The molecule has 10 heteroatoms. The maximum Gasteiger partial charge on any atom is 0.255 e. The van der Waals surface area contributed by atoms with Crippen LogP contribution in [0.2, 0.25) is 0 Å². The molecule has 2 aromatic carbocycles. The van der Waals surface area contributed by atoms with Gasteiger partial charge in [0.1, 0.15) is 11.6 Å². The van der Waals surface area contributed by atoms with Gasteiger partial charge in [-0.1, -0.05) is 6.42 Å². The second-order valence-corrected chi connectivity index (χ2v) is 10.1. The topological polar surface area (TPSA) is 106 Å². The van der Waals surface area contributed by atoms with E-state index in [0.29, 0.717) is 11.5 Å². The van der Waals surface area contributed by atoms with Crippen LogP contribution in [-0.4, -0.2) is 35.1 Å². The van der Waals surface area contributed by atoms with E-state index in [1.165, 1.54) is 36.4 Å². The number of carbonyl (C=O) groups is 1. The molecule has 0 saturated carbocycles. The Morgan fingerprint density at radius 2 is 1.82 bits per heavy atom. The van der Waals surface area contributed by atoms with Crippen LogP contribution in [0.15, 0.2) is 47.4 Å². The molecule has 1 aliphatic rings. The third-order valence-electron chi connectivity index (χ3n) is 5.39. The van der Waals surface area contributed by atoms with Crippen molar-refractivity contribution in [3.63, 3.8) is 0 Å². The zero-order valence-corrected chi connectivity index (χ0v) is 19.3. The first-order chi connectivity index (χ1) is 15.7. The Labute approximate surface area is 192 Å². The summed E-state index contributed by atoms with van der Waals surface area (Å²) in [5.74, 6) is 0.416. The number of sulfonamides is 1. The lowest BCUT2D eigenvalue weighted by Crippen LogP contribution is -2.30. The van der Waals surface area contributed by atoms with Gasteiger partial charge in [0.15, 0.2) is 5.82 Å². The van der Waals surface area contributed by atoms with Crippen molar-refractivity contribution in [1.29, 1.82) is 0 Å². The number of rotatable bonds is 6. The molecule has 0 spiro atoms. The van der Waals surface area contributed by atoms with E-state index in [2.05, 4.69) is 20.2 Å². The predicted octanol–water partition coefficient (Wildman–Crippen LogP) is 3.75. The predicted molar refractivity (Wildman–Crippen MR) is 123 cm³/mol. The summed E-state index contributed by atoms with van der Waals surface area (Å²) in [6, 6.07) is 9.69. The van der Waals surface area contributed by atoms with E-state index in [0.717, 1.165) is 38.1 Å². The number of nitrogens with zero attached hydrogens (tertiary/aromatic N) is 3. The molecule has 0 saturated heterocycles. The van der Waals surface area contributed by atoms with Gasteiger partial charge in [-0.3, -0.25) is 4.79 Å². The first kappa shape index (κ1) is 23.1. The molecule has 8 nitrogen and oxygen atoms in total. The third-order valence-corrected chi connectivity index (χ3v) is 7.07. The summed E-state index contributed by atoms with van der Waals surface area (Å²) in [6.07, 6.45) is 3.91. The zero-order chi connectivity index (χ0) is 23.6. The summed E-state index contributed by atoms with van der Waals surface area (Å²) in [4.78, 5) is 12.8. The number of carbonyl (C=O) groups excluding carboxylic acids is 1. The zero-order valence-electron chi connectivity index (χ0n) is 18.5. The van der Waals surface area contributed by atoms with E-state index < -0.39 is 21.7 Å². The van der Waals surface area contributed by atoms with Gasteiger partial charge in [0.25, 0.3) is 5.91 Å². The highest BCUT2D eigenvalue weighted by Gasteiger charge is 2.20. The van der Waals surface area contributed by atoms with Gasteiger partial charge < -0.3 is 9.88 Å². The number of fused-ring (bicyclic) bond motifs is 1. The number of benzene rings is 2. The van der Waals surface area contributed by atoms with Crippen molar-refractivity contribution in [3.8, 4) is 11.4 Å². The third kappa shape index (κ3) is 5.12. The van der Waals surface area contributed by atoms with Gasteiger partial charge in [-0.2, -0.15) is 0 Å². The highest BCUT2D eigenvalue weighted by atomic mass is 32.2. The lowest BCUT2D eigenvalue weighted by atomic mass is 10.1. The smallest absolute Gasteiger partial charge is 0.255 e. The van der Waals surface area contributed by atoms with Crippen molar-refractivity contribution in [1.82, 2.24) is 19.5 Å². The van der Waals surface area contributed by atoms with Crippen molar-refractivity contribution in [2.45, 2.75) is 57.0 Å². The highest BCUT2D eigenvalue weighted by molar-refractivity contribution is 7.89. The molecule has 0 radical (unpaired) electrons. The molecular weight excluding hydrogens is 445 g/mol. The van der Waals surface area contributed by atoms with Crippen LogP contribution in [0.25, 0.3) is 11.4 Å². The Morgan fingerprint density at radius 3 is 2.55 bits per heavy atom. The first-order valence-electron chi connectivity index (χ1n) is 10.9. The molecule has 0 bridgehead atoms. The van der Waals surface area contributed by atoms with Gasteiger partial charge in [0, 0.05) is 30.3 Å². The average molecular weight is 472 g/mol. The summed E-state index contributed by atoms with van der Waals surface area (Å²) >= 11 is 0. The van der Waals surface area contributed by atoms with E-state index >= 15 is 0 Å². The average Bonchev–Trinajstić information content (AvgIpc) is 3.02. The maximum atomic E-state index is 14.7. The van der Waals surface area contributed by atoms with Gasteiger partial charge in [0.2, 0.25) is 10.0 Å². The van der Waals surface area contributed by atoms with Gasteiger partial charge in [-0.25, -0.2) is 17.5 Å². The fraction of sp³-hybridized carbons (Fsp3) is 0.348. The fourth-order valence-corrected chi connectivity index (χ4v) is 5.08. The SMILES string of the molecule is CC(C)NS(=O)(=O)c1ccc(C(=O)Nc2ccc(F)c(-c3nnc4n3CCCCC4)c2)cc1. The number of hydrogen-bond donors (Lipinski definition) is 2. The molecule has 1 aromatic heterocycles. The van der Waals surface area contributed by atoms with E-state index in [9.17, 15) is 17.6 Å². The lowest BCUT2D eigenvalue weighted by Gasteiger charge is -2.11. The molecule has 1 amide bonds. The van der Waals surface area contributed by atoms with Crippen LogP contribution in [-0.2, 0) is 23.0 Å². The molecule has 174 valence electrons. The maximum absolute atomic E-state index is 14.7. The number of hydrogen-bond acceptors (Lipinski definition) is 5. The molecule has 2 N–H and O–H groups in total. The summed E-state index contributed by atoms with van der Waals surface area (Å²) < 4.78 is 43.6. The number of amides is 1. The highest BCUT2D eigenvalue weighted by Crippen LogP contribution is 2.27. The van der Waals surface area contributed by atoms with Crippen LogP contribution in [0, 0.1) is 5.82 Å². The Hall–Kier alpha value is -3.11. The second kappa shape index (κ2) is 9.40. The van der Waals surface area contributed by atoms with Crippen LogP contribution < -0.4 is 10.0 Å². The minimum atomic E-state index is -3.65. The Kier molecular flexibility index (Phi) is 6.57. The number of aryl methyl sites for hydroxylation is 1. The minimum Gasteiger partial charge on any atom is -0.322 e. The molecule has 2 heterocycles.